The smallest absolute Gasteiger partial charge is 0.139 e. The first-order chi connectivity index (χ1) is 8.15. The number of hydrogen-bond donors (Lipinski definition) is 1. The standard InChI is InChI=1S/C13H11F2NS/c14-10-4-5-13(12(15)7-10)17-8-9-2-1-3-11(16)6-9/h1-7H,8,16H2. The van der Waals surface area contributed by atoms with Crippen LogP contribution in [0.5, 0.6) is 0 Å². The van der Waals surface area contributed by atoms with Crippen LogP contribution >= 0.6 is 11.8 Å². The van der Waals surface area contributed by atoms with Crippen LogP contribution in [-0.4, -0.2) is 0 Å². The summed E-state index contributed by atoms with van der Waals surface area (Å²) in [5.41, 5.74) is 7.34. The molecule has 0 spiro atoms. The minimum Gasteiger partial charge on any atom is -0.399 e. The van der Waals surface area contributed by atoms with Gasteiger partial charge in [0, 0.05) is 22.4 Å². The molecule has 0 bridgehead atoms. The Morgan fingerprint density at radius 1 is 1.06 bits per heavy atom. The Balaban J connectivity index is 2.07. The summed E-state index contributed by atoms with van der Waals surface area (Å²) in [5, 5.41) is 0. The van der Waals surface area contributed by atoms with Gasteiger partial charge in [-0.3, -0.25) is 0 Å². The molecule has 0 aliphatic heterocycles. The Morgan fingerprint density at radius 2 is 1.88 bits per heavy atom. The zero-order chi connectivity index (χ0) is 12.3. The first-order valence-electron chi connectivity index (χ1n) is 5.07. The van der Waals surface area contributed by atoms with Gasteiger partial charge in [0.1, 0.15) is 11.6 Å². The van der Waals surface area contributed by atoms with Gasteiger partial charge < -0.3 is 5.73 Å². The maximum absolute atomic E-state index is 13.3. The van der Waals surface area contributed by atoms with Crippen molar-refractivity contribution in [2.75, 3.05) is 5.73 Å². The molecule has 0 amide bonds. The summed E-state index contributed by atoms with van der Waals surface area (Å²) in [7, 11) is 0. The maximum atomic E-state index is 13.3. The maximum Gasteiger partial charge on any atom is 0.139 e. The predicted octanol–water partition coefficient (Wildman–Crippen LogP) is 3.84. The molecule has 0 unspecified atom stereocenters. The topological polar surface area (TPSA) is 26.0 Å². The van der Waals surface area contributed by atoms with Crippen molar-refractivity contribution in [2.24, 2.45) is 0 Å². The highest BCUT2D eigenvalue weighted by Crippen LogP contribution is 2.26. The van der Waals surface area contributed by atoms with E-state index in [4.69, 9.17) is 5.73 Å². The molecule has 0 aliphatic carbocycles. The van der Waals surface area contributed by atoms with Gasteiger partial charge in [-0.15, -0.1) is 11.8 Å². The van der Waals surface area contributed by atoms with E-state index in [1.54, 1.807) is 6.07 Å². The highest BCUT2D eigenvalue weighted by molar-refractivity contribution is 7.98. The number of halogens is 2. The Labute approximate surface area is 103 Å². The minimum atomic E-state index is -0.559. The number of rotatable bonds is 3. The lowest BCUT2D eigenvalue weighted by molar-refractivity contribution is 0.565. The molecule has 0 heterocycles. The van der Waals surface area contributed by atoms with E-state index in [0.717, 1.165) is 11.6 Å². The number of hydrogen-bond acceptors (Lipinski definition) is 2. The van der Waals surface area contributed by atoms with Crippen LogP contribution in [0.2, 0.25) is 0 Å². The summed E-state index contributed by atoms with van der Waals surface area (Å²) in [4.78, 5) is 0.439. The van der Waals surface area contributed by atoms with E-state index in [-0.39, 0.29) is 0 Å². The summed E-state index contributed by atoms with van der Waals surface area (Å²) in [6.45, 7) is 0. The van der Waals surface area contributed by atoms with Crippen molar-refractivity contribution in [3.05, 3.63) is 59.7 Å². The fourth-order valence-corrected chi connectivity index (χ4v) is 2.30. The first kappa shape index (κ1) is 11.9. The van der Waals surface area contributed by atoms with Crippen molar-refractivity contribution < 1.29 is 8.78 Å². The summed E-state index contributed by atoms with van der Waals surface area (Å²) < 4.78 is 26.0. The molecule has 4 heteroatoms. The number of benzene rings is 2. The van der Waals surface area contributed by atoms with Crippen LogP contribution in [0.25, 0.3) is 0 Å². The second-order valence-electron chi connectivity index (χ2n) is 3.61. The van der Waals surface area contributed by atoms with Crippen molar-refractivity contribution in [1.29, 1.82) is 0 Å². The first-order valence-corrected chi connectivity index (χ1v) is 6.06. The fraction of sp³-hybridized carbons (Fsp3) is 0.0769. The molecule has 0 aliphatic rings. The number of nitrogen functional groups attached to an aromatic ring is 1. The second kappa shape index (κ2) is 5.19. The fourth-order valence-electron chi connectivity index (χ4n) is 1.44. The van der Waals surface area contributed by atoms with Crippen molar-refractivity contribution in [1.82, 2.24) is 0 Å². The zero-order valence-electron chi connectivity index (χ0n) is 8.99. The molecule has 1 nitrogen and oxygen atoms in total. The van der Waals surface area contributed by atoms with Crippen LogP contribution in [0.4, 0.5) is 14.5 Å². The largest absolute Gasteiger partial charge is 0.399 e. The molecule has 0 aromatic heterocycles. The molecule has 2 aromatic carbocycles. The van der Waals surface area contributed by atoms with Crippen molar-refractivity contribution in [3.8, 4) is 0 Å². The van der Waals surface area contributed by atoms with E-state index in [9.17, 15) is 8.78 Å². The van der Waals surface area contributed by atoms with Crippen LogP contribution < -0.4 is 5.73 Å². The van der Waals surface area contributed by atoms with Crippen LogP contribution in [-0.2, 0) is 5.75 Å². The molecule has 0 radical (unpaired) electrons. The SMILES string of the molecule is Nc1cccc(CSc2ccc(F)cc2F)c1. The average molecular weight is 251 g/mol. The van der Waals surface area contributed by atoms with Gasteiger partial charge in [-0.25, -0.2) is 8.78 Å². The van der Waals surface area contributed by atoms with Gasteiger partial charge >= 0.3 is 0 Å². The Bertz CT molecular complexity index is 529. The molecule has 2 aromatic rings. The second-order valence-corrected chi connectivity index (χ2v) is 4.63. The molecular weight excluding hydrogens is 240 g/mol. The molecule has 0 atom stereocenters. The van der Waals surface area contributed by atoms with E-state index in [1.165, 1.54) is 23.9 Å². The molecular formula is C13H11F2NS. The summed E-state index contributed by atoms with van der Waals surface area (Å²) in [5.74, 6) is -0.483. The van der Waals surface area contributed by atoms with E-state index in [2.05, 4.69) is 0 Å². The van der Waals surface area contributed by atoms with Gasteiger partial charge in [-0.1, -0.05) is 12.1 Å². The Morgan fingerprint density at radius 3 is 2.59 bits per heavy atom. The normalized spacial score (nSPS) is 10.5. The number of anilines is 1. The van der Waals surface area contributed by atoms with Gasteiger partial charge in [-0.05, 0) is 29.8 Å². The third-order valence-electron chi connectivity index (χ3n) is 2.24. The van der Waals surface area contributed by atoms with Gasteiger partial charge in [0.15, 0.2) is 0 Å². The third-order valence-corrected chi connectivity index (χ3v) is 3.36. The van der Waals surface area contributed by atoms with Crippen molar-refractivity contribution in [2.45, 2.75) is 10.6 Å². The highest BCUT2D eigenvalue weighted by atomic mass is 32.2. The van der Waals surface area contributed by atoms with Gasteiger partial charge in [0.2, 0.25) is 0 Å². The Kier molecular flexibility index (Phi) is 3.64. The van der Waals surface area contributed by atoms with E-state index >= 15 is 0 Å². The molecule has 0 saturated heterocycles. The van der Waals surface area contributed by atoms with Gasteiger partial charge in [-0.2, -0.15) is 0 Å². The molecule has 2 N–H and O–H groups in total. The van der Waals surface area contributed by atoms with E-state index < -0.39 is 11.6 Å². The molecule has 0 fully saturated rings. The van der Waals surface area contributed by atoms with E-state index in [1.807, 2.05) is 18.2 Å². The van der Waals surface area contributed by atoms with Crippen LogP contribution in [0.15, 0.2) is 47.4 Å². The summed E-state index contributed by atoms with van der Waals surface area (Å²) >= 11 is 1.32. The molecule has 17 heavy (non-hydrogen) atoms. The van der Waals surface area contributed by atoms with Crippen molar-refractivity contribution in [3.63, 3.8) is 0 Å². The highest BCUT2D eigenvalue weighted by Gasteiger charge is 2.04. The minimum absolute atomic E-state index is 0.439. The lowest BCUT2D eigenvalue weighted by atomic mass is 10.2. The summed E-state index contributed by atoms with van der Waals surface area (Å²) in [6.07, 6.45) is 0. The average Bonchev–Trinajstić information content (AvgIpc) is 2.28. The lowest BCUT2D eigenvalue weighted by Crippen LogP contribution is -1.88. The van der Waals surface area contributed by atoms with E-state index in [0.29, 0.717) is 16.3 Å². The van der Waals surface area contributed by atoms with Crippen LogP contribution in [0, 0.1) is 11.6 Å². The van der Waals surface area contributed by atoms with Crippen LogP contribution in [0.1, 0.15) is 5.56 Å². The summed E-state index contributed by atoms with van der Waals surface area (Å²) in [6, 6.07) is 11.0. The molecule has 0 saturated carbocycles. The van der Waals surface area contributed by atoms with Gasteiger partial charge in [0.25, 0.3) is 0 Å². The lowest BCUT2D eigenvalue weighted by Gasteiger charge is -2.04. The Hall–Kier alpha value is -1.55. The third kappa shape index (κ3) is 3.20. The van der Waals surface area contributed by atoms with Crippen molar-refractivity contribution >= 4 is 17.4 Å². The van der Waals surface area contributed by atoms with Gasteiger partial charge in [0.05, 0.1) is 0 Å². The zero-order valence-corrected chi connectivity index (χ0v) is 9.81. The number of nitrogens with two attached hydrogens (primary N) is 1. The monoisotopic (exact) mass is 251 g/mol. The molecule has 88 valence electrons. The van der Waals surface area contributed by atoms with Crippen LogP contribution in [0.3, 0.4) is 0 Å². The number of thioether (sulfide) groups is 1. The predicted molar refractivity (Wildman–Crippen MR) is 66.8 cm³/mol. The molecule has 2 rings (SSSR count). The quantitative estimate of drug-likeness (QED) is 0.662.